The second-order valence-corrected chi connectivity index (χ2v) is 11.8. The summed E-state index contributed by atoms with van der Waals surface area (Å²) in [5, 5.41) is 3.22. The van der Waals surface area contributed by atoms with E-state index >= 15 is 0 Å². The number of rotatable bonds is 6. The van der Waals surface area contributed by atoms with Gasteiger partial charge < -0.3 is 14.5 Å². The fraction of sp³-hybridized carbons (Fsp3) is 0.357. The van der Waals surface area contributed by atoms with Crippen LogP contribution < -0.4 is 4.74 Å². The molecule has 0 saturated carbocycles. The molecule has 2 amide bonds. The molecule has 0 unspecified atom stereocenters. The smallest absolute Gasteiger partial charge is 0.254 e. The van der Waals surface area contributed by atoms with Gasteiger partial charge in [-0.2, -0.15) is 0 Å². The standard InChI is InChI=1S/C28H30Cl2N2O3S/c1-18-14-21(8-9-23(18)30)35-17-24-22-11-13-36-25(22)10-12-31(24)26(33)16-32(28(2,3)4)27(34)19-6-5-7-20(29)15-19/h5-9,11,13-15,24H,10,12,16-17H2,1-4H3/t24-/m0/s1. The second kappa shape index (κ2) is 10.8. The van der Waals surface area contributed by atoms with Gasteiger partial charge in [0.05, 0.1) is 6.04 Å². The van der Waals surface area contributed by atoms with E-state index in [9.17, 15) is 9.59 Å². The maximum Gasteiger partial charge on any atom is 0.254 e. The average Bonchev–Trinajstić information content (AvgIpc) is 3.31. The number of benzene rings is 2. The van der Waals surface area contributed by atoms with E-state index in [2.05, 4.69) is 11.4 Å². The van der Waals surface area contributed by atoms with E-state index in [0.717, 1.165) is 17.5 Å². The molecule has 0 radical (unpaired) electrons. The van der Waals surface area contributed by atoms with Crippen molar-refractivity contribution in [2.24, 2.45) is 0 Å². The molecule has 36 heavy (non-hydrogen) atoms. The Morgan fingerprint density at radius 2 is 1.92 bits per heavy atom. The van der Waals surface area contributed by atoms with Gasteiger partial charge in [0.1, 0.15) is 18.9 Å². The first-order valence-corrected chi connectivity index (χ1v) is 13.5. The molecule has 3 aromatic rings. The first kappa shape index (κ1) is 26.5. The van der Waals surface area contributed by atoms with Gasteiger partial charge in [0.2, 0.25) is 5.91 Å². The van der Waals surface area contributed by atoms with Crippen molar-refractivity contribution in [3.05, 3.63) is 85.5 Å². The molecule has 0 aliphatic carbocycles. The number of amides is 2. The van der Waals surface area contributed by atoms with Crippen LogP contribution in [0.2, 0.25) is 10.0 Å². The van der Waals surface area contributed by atoms with Crippen molar-refractivity contribution in [2.75, 3.05) is 19.7 Å². The van der Waals surface area contributed by atoms with Crippen molar-refractivity contribution in [3.63, 3.8) is 0 Å². The van der Waals surface area contributed by atoms with Crippen LogP contribution in [0, 0.1) is 6.92 Å². The van der Waals surface area contributed by atoms with E-state index in [4.69, 9.17) is 27.9 Å². The van der Waals surface area contributed by atoms with Crippen molar-refractivity contribution in [1.82, 2.24) is 9.80 Å². The highest BCUT2D eigenvalue weighted by molar-refractivity contribution is 7.10. The zero-order chi connectivity index (χ0) is 26.0. The van der Waals surface area contributed by atoms with Gasteiger partial charge in [0, 0.05) is 32.6 Å². The predicted octanol–water partition coefficient (Wildman–Crippen LogP) is 6.81. The van der Waals surface area contributed by atoms with E-state index in [1.54, 1.807) is 40.5 Å². The third-order valence-electron chi connectivity index (χ3n) is 6.37. The van der Waals surface area contributed by atoms with E-state index in [0.29, 0.717) is 34.5 Å². The Labute approximate surface area is 226 Å². The summed E-state index contributed by atoms with van der Waals surface area (Å²) in [6, 6.07) is 14.2. The van der Waals surface area contributed by atoms with Crippen molar-refractivity contribution in [1.29, 1.82) is 0 Å². The highest BCUT2D eigenvalue weighted by atomic mass is 35.5. The molecule has 1 aliphatic heterocycles. The fourth-order valence-electron chi connectivity index (χ4n) is 4.37. The lowest BCUT2D eigenvalue weighted by molar-refractivity contribution is -0.136. The molecule has 0 saturated heterocycles. The highest BCUT2D eigenvalue weighted by Gasteiger charge is 2.36. The largest absolute Gasteiger partial charge is 0.491 e. The molecular formula is C28H30Cl2N2O3S. The van der Waals surface area contributed by atoms with Crippen LogP contribution in [0.4, 0.5) is 0 Å². The van der Waals surface area contributed by atoms with Crippen LogP contribution in [-0.4, -0.2) is 46.8 Å². The van der Waals surface area contributed by atoms with Crippen LogP contribution in [0.3, 0.4) is 0 Å². The number of aryl methyl sites for hydroxylation is 1. The van der Waals surface area contributed by atoms with Crippen molar-refractivity contribution < 1.29 is 14.3 Å². The lowest BCUT2D eigenvalue weighted by Gasteiger charge is -2.40. The normalized spacial score (nSPS) is 15.4. The number of halogens is 2. The maximum absolute atomic E-state index is 13.7. The zero-order valence-electron chi connectivity index (χ0n) is 20.9. The molecule has 0 fully saturated rings. The third kappa shape index (κ3) is 5.88. The summed E-state index contributed by atoms with van der Waals surface area (Å²) in [5.74, 6) is 0.369. The molecule has 1 aromatic heterocycles. The first-order chi connectivity index (χ1) is 17.0. The molecule has 0 N–H and O–H groups in total. The Balaban J connectivity index is 1.57. The minimum atomic E-state index is -0.564. The second-order valence-electron chi connectivity index (χ2n) is 9.95. The average molecular weight is 546 g/mol. The van der Waals surface area contributed by atoms with Crippen LogP contribution in [0.5, 0.6) is 5.75 Å². The third-order valence-corrected chi connectivity index (χ3v) is 8.03. The highest BCUT2D eigenvalue weighted by Crippen LogP contribution is 2.34. The van der Waals surface area contributed by atoms with E-state index in [1.807, 2.05) is 50.8 Å². The van der Waals surface area contributed by atoms with Gasteiger partial charge in [0.25, 0.3) is 5.91 Å². The molecule has 8 heteroatoms. The summed E-state index contributed by atoms with van der Waals surface area (Å²) in [4.78, 5) is 31.9. The summed E-state index contributed by atoms with van der Waals surface area (Å²) >= 11 is 14.0. The first-order valence-electron chi connectivity index (χ1n) is 11.9. The van der Waals surface area contributed by atoms with Crippen LogP contribution >= 0.6 is 34.5 Å². The van der Waals surface area contributed by atoms with Crippen LogP contribution in [0.1, 0.15) is 53.2 Å². The summed E-state index contributed by atoms with van der Waals surface area (Å²) in [5.41, 5.74) is 1.93. The molecule has 4 rings (SSSR count). The zero-order valence-corrected chi connectivity index (χ0v) is 23.2. The minimum absolute atomic E-state index is 0.0368. The van der Waals surface area contributed by atoms with Crippen molar-refractivity contribution in [2.45, 2.75) is 45.7 Å². The van der Waals surface area contributed by atoms with Gasteiger partial charge in [-0.05, 0) is 93.1 Å². The number of hydrogen-bond donors (Lipinski definition) is 0. The van der Waals surface area contributed by atoms with Crippen molar-refractivity contribution in [3.8, 4) is 5.75 Å². The Bertz CT molecular complexity index is 1270. The van der Waals surface area contributed by atoms with Crippen LogP contribution in [-0.2, 0) is 11.2 Å². The topological polar surface area (TPSA) is 49.9 Å². The molecule has 2 heterocycles. The van der Waals surface area contributed by atoms with Gasteiger partial charge in [-0.15, -0.1) is 11.3 Å². The van der Waals surface area contributed by atoms with E-state index < -0.39 is 5.54 Å². The molecular weight excluding hydrogens is 515 g/mol. The summed E-state index contributed by atoms with van der Waals surface area (Å²) in [7, 11) is 0. The van der Waals surface area contributed by atoms with Crippen LogP contribution in [0.15, 0.2) is 53.9 Å². The number of ether oxygens (including phenoxy) is 1. The molecule has 190 valence electrons. The SMILES string of the molecule is Cc1cc(OC[C@H]2c3ccsc3CCN2C(=O)CN(C(=O)c2cccc(Cl)c2)C(C)(C)C)ccc1Cl. The molecule has 5 nitrogen and oxygen atoms in total. The van der Waals surface area contributed by atoms with Crippen molar-refractivity contribution >= 4 is 46.4 Å². The van der Waals surface area contributed by atoms with Gasteiger partial charge in [-0.3, -0.25) is 9.59 Å². The lowest BCUT2D eigenvalue weighted by Crippen LogP contribution is -2.53. The minimum Gasteiger partial charge on any atom is -0.491 e. The number of thiophene rings is 1. The lowest BCUT2D eigenvalue weighted by atomic mass is 9.99. The van der Waals surface area contributed by atoms with E-state index in [-0.39, 0.29) is 24.4 Å². The summed E-state index contributed by atoms with van der Waals surface area (Å²) in [6.45, 7) is 8.57. The fourth-order valence-corrected chi connectivity index (χ4v) is 5.61. The van der Waals surface area contributed by atoms with Gasteiger partial charge in [-0.1, -0.05) is 29.3 Å². The number of carbonyl (C=O) groups excluding carboxylic acids is 2. The number of hydrogen-bond acceptors (Lipinski definition) is 4. The maximum atomic E-state index is 13.7. The predicted molar refractivity (Wildman–Crippen MR) is 146 cm³/mol. The molecule has 2 aromatic carbocycles. The molecule has 1 aliphatic rings. The van der Waals surface area contributed by atoms with Crippen LogP contribution in [0.25, 0.3) is 0 Å². The van der Waals surface area contributed by atoms with Gasteiger partial charge in [0.15, 0.2) is 0 Å². The Morgan fingerprint density at radius 3 is 2.61 bits per heavy atom. The molecule has 0 spiro atoms. The molecule has 0 bridgehead atoms. The van der Waals surface area contributed by atoms with Gasteiger partial charge in [-0.25, -0.2) is 0 Å². The number of carbonyl (C=O) groups is 2. The van der Waals surface area contributed by atoms with Gasteiger partial charge >= 0.3 is 0 Å². The summed E-state index contributed by atoms with van der Waals surface area (Å²) in [6.07, 6.45) is 0.785. The number of nitrogens with zero attached hydrogens (tertiary/aromatic N) is 2. The Morgan fingerprint density at radius 1 is 1.14 bits per heavy atom. The molecule has 1 atom stereocenters. The van der Waals surface area contributed by atoms with E-state index in [1.165, 1.54) is 4.88 Å². The Hall–Kier alpha value is -2.54. The summed E-state index contributed by atoms with van der Waals surface area (Å²) < 4.78 is 6.15. The monoisotopic (exact) mass is 544 g/mol. The Kier molecular flexibility index (Phi) is 7.98. The quantitative estimate of drug-likeness (QED) is 0.342. The number of fused-ring (bicyclic) bond motifs is 1.